The third-order valence-electron chi connectivity index (χ3n) is 10.4. The Bertz CT molecular complexity index is 1500. The summed E-state index contributed by atoms with van der Waals surface area (Å²) in [6.45, 7) is 21.1. The second-order valence-electron chi connectivity index (χ2n) is 16.4. The molecule has 0 amide bonds. The molecule has 270 valence electrons. The van der Waals surface area contributed by atoms with E-state index in [9.17, 15) is 24.9 Å². The summed E-state index contributed by atoms with van der Waals surface area (Å²) in [6, 6.07) is 0. The van der Waals surface area contributed by atoms with E-state index < -0.39 is 28.0 Å². The number of aliphatic hydroxyl groups is 3. The van der Waals surface area contributed by atoms with Gasteiger partial charge >= 0.3 is 5.97 Å². The number of ketones is 1. The summed E-state index contributed by atoms with van der Waals surface area (Å²) in [4.78, 5) is 24.6. The first-order valence-corrected chi connectivity index (χ1v) is 17.4. The predicted octanol–water partition coefficient (Wildman–Crippen LogP) is 8.25. The number of epoxide rings is 1. The summed E-state index contributed by atoms with van der Waals surface area (Å²) < 4.78 is 11.5. The lowest BCUT2D eigenvalue weighted by Gasteiger charge is -2.46. The van der Waals surface area contributed by atoms with Crippen LogP contribution in [0.25, 0.3) is 0 Å². The third-order valence-corrected chi connectivity index (χ3v) is 10.4. The van der Waals surface area contributed by atoms with E-state index in [4.69, 9.17) is 9.47 Å². The van der Waals surface area contributed by atoms with E-state index in [-0.39, 0.29) is 42.5 Å². The second kappa shape index (κ2) is 15.0. The van der Waals surface area contributed by atoms with E-state index in [1.165, 1.54) is 12.5 Å². The van der Waals surface area contributed by atoms with Crippen LogP contribution in [0.4, 0.5) is 0 Å². The van der Waals surface area contributed by atoms with Crippen LogP contribution in [-0.2, 0) is 19.1 Å². The maximum Gasteiger partial charge on any atom is 0.302 e. The second-order valence-corrected chi connectivity index (χ2v) is 16.4. The highest BCUT2D eigenvalue weighted by Crippen LogP contribution is 2.68. The van der Waals surface area contributed by atoms with Crippen LogP contribution in [0.2, 0.25) is 0 Å². The quantitative estimate of drug-likeness (QED) is 0.0476. The van der Waals surface area contributed by atoms with Gasteiger partial charge in [0.1, 0.15) is 17.3 Å². The lowest BCUT2D eigenvalue weighted by Crippen LogP contribution is -2.53. The maximum absolute atomic E-state index is 13.1. The molecule has 7 nitrogen and oxygen atoms in total. The van der Waals surface area contributed by atoms with E-state index in [0.29, 0.717) is 18.4 Å². The molecule has 49 heavy (non-hydrogen) atoms. The molecule has 2 aliphatic carbocycles. The molecule has 0 unspecified atom stereocenters. The normalized spacial score (nSPS) is 32.6. The molecule has 0 aromatic carbocycles. The highest BCUT2D eigenvalue weighted by molar-refractivity contribution is 5.96. The Morgan fingerprint density at radius 2 is 1.37 bits per heavy atom. The van der Waals surface area contributed by atoms with Gasteiger partial charge in [0, 0.05) is 38.0 Å². The van der Waals surface area contributed by atoms with Crippen LogP contribution in [0.5, 0.6) is 0 Å². The first-order valence-electron chi connectivity index (χ1n) is 17.4. The highest BCUT2D eigenvalue weighted by Gasteiger charge is 2.78. The van der Waals surface area contributed by atoms with Crippen LogP contribution in [0.15, 0.2) is 94.7 Å². The van der Waals surface area contributed by atoms with Crippen LogP contribution in [0.1, 0.15) is 115 Å². The number of carbonyl (C=O) groups excluding carboxylic acids is 2. The van der Waals surface area contributed by atoms with Gasteiger partial charge in [-0.2, -0.15) is 0 Å². The summed E-state index contributed by atoms with van der Waals surface area (Å²) in [7, 11) is 0. The molecule has 7 heteroatoms. The highest BCUT2D eigenvalue weighted by atomic mass is 16.6. The van der Waals surface area contributed by atoms with Gasteiger partial charge in [-0.25, -0.2) is 0 Å². The minimum absolute atomic E-state index is 0.000839. The van der Waals surface area contributed by atoms with E-state index in [2.05, 4.69) is 39.0 Å². The minimum atomic E-state index is -1.78. The molecular weight excluding hydrogens is 616 g/mol. The number of hydrogen-bond donors (Lipinski definition) is 3. The largest absolute Gasteiger partial charge is 0.462 e. The number of carbonyl (C=O) groups is 2. The van der Waals surface area contributed by atoms with Gasteiger partial charge in [0.05, 0.1) is 5.60 Å². The summed E-state index contributed by atoms with van der Waals surface area (Å²) in [6.07, 6.45) is 24.0. The molecule has 1 aliphatic heterocycles. The first-order chi connectivity index (χ1) is 22.4. The van der Waals surface area contributed by atoms with Crippen LogP contribution >= 0.6 is 0 Å². The predicted molar refractivity (Wildman–Crippen MR) is 196 cm³/mol. The van der Waals surface area contributed by atoms with E-state index >= 15 is 0 Å². The van der Waals surface area contributed by atoms with Gasteiger partial charge in [0.15, 0.2) is 11.6 Å². The average Bonchev–Trinajstić information content (AvgIpc) is 3.52. The fraction of sp³-hybridized carbons (Fsp3) is 0.571. The number of fused-ring (bicyclic) bond motifs is 1. The number of allylic oxidation sites excluding steroid dienone is 15. The number of rotatable bonds is 12. The summed E-state index contributed by atoms with van der Waals surface area (Å²) in [5.41, 5.74) is 1.68. The zero-order valence-corrected chi connectivity index (χ0v) is 31.6. The number of Topliss-reactive ketones (excluding diaryl/α,β-unsaturated/α-hetero) is 1. The van der Waals surface area contributed by atoms with Gasteiger partial charge < -0.3 is 24.8 Å². The van der Waals surface area contributed by atoms with Crippen LogP contribution in [0.3, 0.4) is 0 Å². The van der Waals surface area contributed by atoms with Crippen molar-refractivity contribution in [3.63, 3.8) is 0 Å². The van der Waals surface area contributed by atoms with Gasteiger partial charge in [-0.05, 0) is 70.9 Å². The van der Waals surface area contributed by atoms with Crippen molar-refractivity contribution in [1.82, 2.24) is 0 Å². The average molecular weight is 677 g/mol. The van der Waals surface area contributed by atoms with Gasteiger partial charge in [0.25, 0.3) is 0 Å². The third kappa shape index (κ3) is 10.2. The molecule has 3 N–H and O–H groups in total. The van der Waals surface area contributed by atoms with Crippen molar-refractivity contribution < 1.29 is 34.4 Å². The van der Waals surface area contributed by atoms with Crippen molar-refractivity contribution in [2.45, 2.75) is 143 Å². The van der Waals surface area contributed by atoms with Crippen molar-refractivity contribution in [2.24, 2.45) is 10.8 Å². The molecule has 0 aromatic rings. The minimum Gasteiger partial charge on any atom is -0.462 e. The Morgan fingerprint density at radius 3 is 1.90 bits per heavy atom. The molecule has 3 rings (SSSR count). The van der Waals surface area contributed by atoms with Crippen molar-refractivity contribution in [2.75, 3.05) is 0 Å². The van der Waals surface area contributed by atoms with Crippen molar-refractivity contribution >= 4 is 11.8 Å². The summed E-state index contributed by atoms with van der Waals surface area (Å²) >= 11 is 0. The monoisotopic (exact) mass is 676 g/mol. The molecule has 4 atom stereocenters. The first kappa shape index (κ1) is 40.3. The lowest BCUT2D eigenvalue weighted by atomic mass is 9.60. The fourth-order valence-electron chi connectivity index (χ4n) is 8.18. The van der Waals surface area contributed by atoms with Crippen LogP contribution < -0.4 is 0 Å². The maximum atomic E-state index is 13.1. The Labute approximate surface area is 294 Å². The molecular formula is C42H60O7. The Balaban J connectivity index is 1.51. The van der Waals surface area contributed by atoms with Gasteiger partial charge in [-0.15, -0.1) is 0 Å². The molecule has 0 radical (unpaired) electrons. The number of esters is 1. The Morgan fingerprint density at radius 1 is 0.796 bits per heavy atom. The van der Waals surface area contributed by atoms with Gasteiger partial charge in [-0.3, -0.25) is 9.59 Å². The van der Waals surface area contributed by atoms with Crippen LogP contribution in [0, 0.1) is 10.8 Å². The SMILES string of the molecule is CC(=O)O[C@H]1CC(C)(C)/C(=C\C/C(C)=C/C=C/C(C)=C/C=C/C=C(C)/C=C/C=C(\C)C(=O)C[C@@]23O[C@]2(C)CC(O)(O)CC3(C)C)[C@](C)(O)C1. The molecule has 0 spiro atoms. The van der Waals surface area contributed by atoms with Gasteiger partial charge in [0.2, 0.25) is 0 Å². The van der Waals surface area contributed by atoms with Crippen LogP contribution in [-0.4, -0.2) is 55.8 Å². The molecule has 1 saturated heterocycles. The standard InChI is InChI=1S/C42H60O7/c1-29(18-14-19-31(3)22-23-36-37(6,7)24-34(48-33(5)43)25-39(36,10)45)16-12-13-17-30(2)20-15-21-32(4)35(44)26-42-38(8,9)27-41(46,47)28-40(42,11)49-42/h12-21,23,34,45-47H,22,24-28H2,1-11H3/b13-12+,18-14+,20-15+,29-16+,30-17+,31-19+,32-21+,36-23+/t34-,39+,40+,42-/m0/s1. The Hall–Kier alpha value is -3.10. The molecule has 0 bridgehead atoms. The fourth-order valence-corrected chi connectivity index (χ4v) is 8.18. The Kier molecular flexibility index (Phi) is 12.4. The van der Waals surface area contributed by atoms with E-state index in [1.807, 2.05) is 90.2 Å². The number of hydrogen-bond acceptors (Lipinski definition) is 7. The zero-order chi connectivity index (χ0) is 37.1. The van der Waals surface area contributed by atoms with Crippen molar-refractivity contribution in [1.29, 1.82) is 0 Å². The molecule has 0 aromatic heterocycles. The smallest absolute Gasteiger partial charge is 0.302 e. The molecule has 2 saturated carbocycles. The topological polar surface area (TPSA) is 117 Å². The molecule has 3 aliphatic rings. The summed E-state index contributed by atoms with van der Waals surface area (Å²) in [5, 5.41) is 31.8. The molecule has 3 fully saturated rings. The zero-order valence-electron chi connectivity index (χ0n) is 31.6. The summed E-state index contributed by atoms with van der Waals surface area (Å²) in [5.74, 6) is -2.10. The van der Waals surface area contributed by atoms with E-state index in [1.54, 1.807) is 6.92 Å². The lowest BCUT2D eigenvalue weighted by molar-refractivity contribution is -0.208. The van der Waals surface area contributed by atoms with E-state index in [0.717, 1.165) is 23.1 Å². The molecule has 1 heterocycles. The van der Waals surface area contributed by atoms with Crippen molar-refractivity contribution in [3.8, 4) is 0 Å². The van der Waals surface area contributed by atoms with Crippen molar-refractivity contribution in [3.05, 3.63) is 94.7 Å². The number of ether oxygens (including phenoxy) is 2. The van der Waals surface area contributed by atoms with Gasteiger partial charge in [-0.1, -0.05) is 111 Å².